The molecule has 6 aromatic carbocycles. The Balaban J connectivity index is 1.15. The molecule has 8 aromatic rings. The molecule has 0 aliphatic rings. The van der Waals surface area contributed by atoms with Gasteiger partial charge in [0.1, 0.15) is 36.7 Å². The molecule has 0 saturated carbocycles. The van der Waals surface area contributed by atoms with Crippen LogP contribution in [0, 0.1) is 17.5 Å². The molecule has 10 nitrogen and oxygen atoms in total. The smallest absolute Gasteiger partial charge is 0.416 e. The molecular formula is C46H34F6N6O4. The van der Waals surface area contributed by atoms with Crippen molar-refractivity contribution in [1.29, 1.82) is 0 Å². The third-order valence-electron chi connectivity index (χ3n) is 10.4. The summed E-state index contributed by atoms with van der Waals surface area (Å²) in [4.78, 5) is 31.0. The lowest BCUT2D eigenvalue weighted by Gasteiger charge is -2.35. The number of methoxy groups -OCH3 is 1. The van der Waals surface area contributed by atoms with E-state index in [1.54, 1.807) is 11.0 Å². The van der Waals surface area contributed by atoms with Crippen LogP contribution in [0.25, 0.3) is 22.2 Å². The van der Waals surface area contributed by atoms with E-state index < -0.39 is 58.6 Å². The molecule has 314 valence electrons. The fraction of sp³-hybridized carbons (Fsp3) is 0.130. The summed E-state index contributed by atoms with van der Waals surface area (Å²) >= 11 is 0. The maximum absolute atomic E-state index is 16.2. The maximum atomic E-state index is 16.2. The number of ether oxygens (including phenoxy) is 2. The summed E-state index contributed by atoms with van der Waals surface area (Å²) in [6.07, 6.45) is -3.39. The second-order valence-electron chi connectivity index (χ2n) is 14.2. The van der Waals surface area contributed by atoms with Gasteiger partial charge in [-0.15, -0.1) is 0 Å². The Bertz CT molecular complexity index is 2890. The number of hydrogen-bond acceptors (Lipinski definition) is 6. The standard InChI is InChI=1S/C46H34F6N6O4/c1-56-42-34(22-32(46(50,51)52)23-38(42)57(44(56)60)25-41(59)54-37-19-18-33(47)24-35(37)48)28-20-36(49)43(39(21-28)61-2)62-26-40-53-27-58(55-40)45(29-12-6-3-7-13-29,30-14-8-4-9-15-30)31-16-10-5-11-17-31/h3-24,27H,25-26H2,1-2H3,(H,54,59). The van der Waals surface area contributed by atoms with Crippen molar-refractivity contribution >= 4 is 22.6 Å². The Kier molecular flexibility index (Phi) is 10.9. The van der Waals surface area contributed by atoms with Crippen molar-refractivity contribution in [2.75, 3.05) is 12.4 Å². The number of anilines is 1. The number of carbonyl (C=O) groups is 1. The SMILES string of the molecule is COc1cc(-c2cc(C(F)(F)F)cc3c2n(C)c(=O)n3CC(=O)Nc2ccc(F)cc2F)cc(F)c1OCc1ncn(C(c2ccccc2)(c2ccccc2)c2ccccc2)n1. The van der Waals surface area contributed by atoms with Gasteiger partial charge in [0, 0.05) is 18.7 Å². The Morgan fingerprint density at radius 1 is 0.758 bits per heavy atom. The van der Waals surface area contributed by atoms with Crippen molar-refractivity contribution in [3.63, 3.8) is 0 Å². The minimum Gasteiger partial charge on any atom is -0.493 e. The third kappa shape index (κ3) is 7.54. The molecule has 0 unspecified atom stereocenters. The number of alkyl halides is 3. The van der Waals surface area contributed by atoms with E-state index in [2.05, 4.69) is 10.3 Å². The van der Waals surface area contributed by atoms with Crippen molar-refractivity contribution < 1.29 is 40.6 Å². The first-order chi connectivity index (χ1) is 29.8. The summed E-state index contributed by atoms with van der Waals surface area (Å²) in [5.74, 6) is -4.40. The van der Waals surface area contributed by atoms with Crippen LogP contribution in [0.2, 0.25) is 0 Å². The number of fused-ring (bicyclic) bond motifs is 1. The Morgan fingerprint density at radius 3 is 1.94 bits per heavy atom. The molecule has 0 radical (unpaired) electrons. The van der Waals surface area contributed by atoms with Crippen LogP contribution >= 0.6 is 0 Å². The summed E-state index contributed by atoms with van der Waals surface area (Å²) in [7, 11) is 2.50. The summed E-state index contributed by atoms with van der Waals surface area (Å²) in [6, 6.07) is 35.2. The quantitative estimate of drug-likeness (QED) is 0.0972. The highest BCUT2D eigenvalue weighted by molar-refractivity contribution is 5.96. The van der Waals surface area contributed by atoms with E-state index >= 15 is 4.39 Å². The fourth-order valence-corrected chi connectivity index (χ4v) is 7.63. The molecule has 1 amide bonds. The van der Waals surface area contributed by atoms with Gasteiger partial charge < -0.3 is 14.8 Å². The zero-order chi connectivity index (χ0) is 43.8. The van der Waals surface area contributed by atoms with Gasteiger partial charge in [0.2, 0.25) is 5.91 Å². The molecule has 1 N–H and O–H groups in total. The van der Waals surface area contributed by atoms with Crippen molar-refractivity contribution in [2.24, 2.45) is 7.05 Å². The largest absolute Gasteiger partial charge is 0.493 e. The number of amides is 1. The van der Waals surface area contributed by atoms with Crippen molar-refractivity contribution in [3.05, 3.63) is 196 Å². The van der Waals surface area contributed by atoms with E-state index in [0.717, 1.165) is 50.1 Å². The first-order valence-electron chi connectivity index (χ1n) is 18.9. The van der Waals surface area contributed by atoms with Crippen LogP contribution in [0.3, 0.4) is 0 Å². The van der Waals surface area contributed by atoms with Crippen LogP contribution in [-0.4, -0.2) is 36.9 Å². The number of carbonyl (C=O) groups excluding carboxylic acids is 1. The van der Waals surface area contributed by atoms with Gasteiger partial charge in [-0.1, -0.05) is 91.0 Å². The van der Waals surface area contributed by atoms with E-state index in [1.807, 2.05) is 91.0 Å². The Hall–Kier alpha value is -7.62. The minimum absolute atomic E-state index is 0.0765. The molecule has 8 rings (SSSR count). The lowest BCUT2D eigenvalue weighted by atomic mass is 9.77. The van der Waals surface area contributed by atoms with Gasteiger partial charge in [0.15, 0.2) is 23.1 Å². The van der Waals surface area contributed by atoms with E-state index in [-0.39, 0.29) is 46.1 Å². The predicted molar refractivity (Wildman–Crippen MR) is 218 cm³/mol. The number of nitrogens with zero attached hydrogens (tertiary/aromatic N) is 5. The summed E-state index contributed by atoms with van der Waals surface area (Å²) in [6.45, 7) is -1.19. The molecule has 2 heterocycles. The van der Waals surface area contributed by atoms with Gasteiger partial charge in [-0.05, 0) is 58.7 Å². The second kappa shape index (κ2) is 16.4. The number of rotatable bonds is 12. The van der Waals surface area contributed by atoms with Gasteiger partial charge in [-0.2, -0.15) is 18.3 Å². The molecular weight excluding hydrogens is 815 g/mol. The van der Waals surface area contributed by atoms with Gasteiger partial charge in [-0.25, -0.2) is 27.6 Å². The molecule has 16 heteroatoms. The van der Waals surface area contributed by atoms with Crippen LogP contribution in [-0.2, 0) is 36.7 Å². The molecule has 0 saturated heterocycles. The van der Waals surface area contributed by atoms with Gasteiger partial charge >= 0.3 is 11.9 Å². The average Bonchev–Trinajstić information content (AvgIpc) is 3.83. The number of halogens is 6. The number of imidazole rings is 1. The van der Waals surface area contributed by atoms with E-state index in [9.17, 15) is 31.5 Å². The van der Waals surface area contributed by atoms with Crippen molar-refractivity contribution in [1.82, 2.24) is 23.9 Å². The highest BCUT2D eigenvalue weighted by atomic mass is 19.4. The zero-order valence-electron chi connectivity index (χ0n) is 32.8. The Morgan fingerprint density at radius 2 is 1.37 bits per heavy atom. The molecule has 0 aliphatic carbocycles. The second-order valence-corrected chi connectivity index (χ2v) is 14.2. The minimum atomic E-state index is -4.94. The number of aryl methyl sites for hydroxylation is 1. The van der Waals surface area contributed by atoms with Crippen LogP contribution in [0.4, 0.5) is 32.0 Å². The van der Waals surface area contributed by atoms with Crippen LogP contribution in [0.5, 0.6) is 11.5 Å². The first-order valence-corrected chi connectivity index (χ1v) is 18.9. The zero-order valence-corrected chi connectivity index (χ0v) is 32.8. The van der Waals surface area contributed by atoms with Gasteiger partial charge in [0.25, 0.3) is 0 Å². The molecule has 0 fully saturated rings. The lowest BCUT2D eigenvalue weighted by Crippen LogP contribution is -2.38. The van der Waals surface area contributed by atoms with Crippen molar-refractivity contribution in [3.8, 4) is 22.6 Å². The highest BCUT2D eigenvalue weighted by Crippen LogP contribution is 2.42. The average molecular weight is 849 g/mol. The summed E-state index contributed by atoms with van der Waals surface area (Å²) in [5.41, 5.74) is -1.57. The number of aromatic nitrogens is 5. The van der Waals surface area contributed by atoms with E-state index in [0.29, 0.717) is 12.1 Å². The van der Waals surface area contributed by atoms with Crippen LogP contribution in [0.15, 0.2) is 145 Å². The number of hydrogen-bond donors (Lipinski definition) is 1. The van der Waals surface area contributed by atoms with Crippen molar-refractivity contribution in [2.45, 2.75) is 24.9 Å². The maximum Gasteiger partial charge on any atom is 0.416 e. The first kappa shape index (κ1) is 41.1. The van der Waals surface area contributed by atoms with Gasteiger partial charge in [-0.3, -0.25) is 13.9 Å². The van der Waals surface area contributed by atoms with E-state index in [4.69, 9.17) is 14.6 Å². The predicted octanol–water partition coefficient (Wildman–Crippen LogP) is 9.10. The fourth-order valence-electron chi connectivity index (χ4n) is 7.63. The molecule has 0 atom stereocenters. The molecule has 62 heavy (non-hydrogen) atoms. The molecule has 0 spiro atoms. The van der Waals surface area contributed by atoms with Crippen LogP contribution < -0.4 is 20.5 Å². The highest BCUT2D eigenvalue weighted by Gasteiger charge is 2.40. The molecule has 0 aliphatic heterocycles. The summed E-state index contributed by atoms with van der Waals surface area (Å²) < 4.78 is 102. The van der Waals surface area contributed by atoms with Crippen LogP contribution in [0.1, 0.15) is 28.1 Å². The topological polar surface area (TPSA) is 105 Å². The number of nitrogens with one attached hydrogen (secondary N) is 1. The Labute approximate surface area is 349 Å². The normalized spacial score (nSPS) is 11.8. The lowest BCUT2D eigenvalue weighted by molar-refractivity contribution is -0.137. The molecule has 2 aromatic heterocycles. The monoisotopic (exact) mass is 848 g/mol. The third-order valence-corrected chi connectivity index (χ3v) is 10.4. The number of benzene rings is 6. The van der Waals surface area contributed by atoms with Gasteiger partial charge in [0.05, 0.1) is 29.4 Å². The molecule has 0 bridgehead atoms. The summed E-state index contributed by atoms with van der Waals surface area (Å²) in [5, 5.41) is 7.03. The van der Waals surface area contributed by atoms with E-state index in [1.165, 1.54) is 20.2 Å².